The molecule has 3 rings (SSSR count). The fraction of sp³-hybridized carbons (Fsp3) is 0.500. The summed E-state index contributed by atoms with van der Waals surface area (Å²) in [6.45, 7) is 3.38. The molecule has 1 saturated carbocycles. The number of carbonyl (C=O) groups is 1. The minimum atomic E-state index is 0. The van der Waals surface area contributed by atoms with Crippen LogP contribution in [0.2, 0.25) is 0 Å². The van der Waals surface area contributed by atoms with Crippen molar-refractivity contribution in [3.05, 3.63) is 30.0 Å². The van der Waals surface area contributed by atoms with Crippen LogP contribution in [0.1, 0.15) is 31.9 Å². The van der Waals surface area contributed by atoms with Crippen molar-refractivity contribution >= 4 is 29.2 Å². The number of para-hydroxylation sites is 1. The van der Waals surface area contributed by atoms with Crippen LogP contribution in [0.15, 0.2) is 24.3 Å². The Kier molecular flexibility index (Phi) is 5.42. The molecule has 1 heterocycles. The van der Waals surface area contributed by atoms with E-state index in [0.29, 0.717) is 6.54 Å². The Morgan fingerprint density at radius 2 is 2.18 bits per heavy atom. The third-order valence-electron chi connectivity index (χ3n) is 4.31. The van der Waals surface area contributed by atoms with Gasteiger partial charge in [0.2, 0.25) is 5.91 Å². The molecule has 0 unspecified atom stereocenters. The molecule has 5 nitrogen and oxygen atoms in total. The molecule has 6 heteroatoms. The van der Waals surface area contributed by atoms with E-state index in [2.05, 4.69) is 29.5 Å². The van der Waals surface area contributed by atoms with Crippen molar-refractivity contribution in [3.8, 4) is 0 Å². The fourth-order valence-corrected chi connectivity index (χ4v) is 3.14. The highest BCUT2D eigenvalue weighted by atomic mass is 35.5. The van der Waals surface area contributed by atoms with Crippen LogP contribution in [-0.2, 0) is 17.9 Å². The second kappa shape index (κ2) is 7.11. The van der Waals surface area contributed by atoms with Gasteiger partial charge in [-0.05, 0) is 32.3 Å². The van der Waals surface area contributed by atoms with Crippen molar-refractivity contribution in [1.29, 1.82) is 0 Å². The first kappa shape index (κ1) is 16.8. The lowest BCUT2D eigenvalue weighted by Gasteiger charge is -2.09. The highest BCUT2D eigenvalue weighted by molar-refractivity contribution is 5.85. The normalized spacial score (nSPS) is 20.8. The average molecular weight is 323 g/mol. The van der Waals surface area contributed by atoms with E-state index in [1.165, 1.54) is 0 Å². The summed E-state index contributed by atoms with van der Waals surface area (Å²) in [6.07, 6.45) is 2.65. The van der Waals surface area contributed by atoms with E-state index < -0.39 is 0 Å². The monoisotopic (exact) mass is 322 g/mol. The summed E-state index contributed by atoms with van der Waals surface area (Å²) < 4.78 is 1.97. The summed E-state index contributed by atoms with van der Waals surface area (Å²) in [5.41, 5.74) is 7.92. The summed E-state index contributed by atoms with van der Waals surface area (Å²) in [7, 11) is 0. The lowest BCUT2D eigenvalue weighted by molar-refractivity contribution is -0.125. The molecule has 2 aromatic rings. The number of halogens is 1. The van der Waals surface area contributed by atoms with E-state index in [4.69, 9.17) is 5.73 Å². The van der Waals surface area contributed by atoms with Gasteiger partial charge in [0.15, 0.2) is 0 Å². The molecule has 1 amide bonds. The van der Waals surface area contributed by atoms with Crippen LogP contribution in [0, 0.1) is 5.92 Å². The largest absolute Gasteiger partial charge is 0.350 e. The molecule has 0 saturated heterocycles. The maximum atomic E-state index is 12.2. The molecule has 120 valence electrons. The molecule has 2 atom stereocenters. The number of carbonyl (C=O) groups excluding carboxylic acids is 1. The highest BCUT2D eigenvalue weighted by Gasteiger charge is 2.27. The van der Waals surface area contributed by atoms with Gasteiger partial charge in [0.05, 0.1) is 17.8 Å². The number of rotatable bonds is 4. The molecule has 1 aromatic carbocycles. The number of amides is 1. The second-order valence-corrected chi connectivity index (χ2v) is 5.77. The molecule has 22 heavy (non-hydrogen) atoms. The summed E-state index contributed by atoms with van der Waals surface area (Å²) in [5, 5.41) is 8.73. The van der Waals surface area contributed by atoms with Gasteiger partial charge in [-0.15, -0.1) is 12.4 Å². The van der Waals surface area contributed by atoms with Crippen LogP contribution in [0.5, 0.6) is 0 Å². The average Bonchev–Trinajstić information content (AvgIpc) is 3.09. The predicted octanol–water partition coefficient (Wildman–Crippen LogP) is 2.22. The number of nitrogens with one attached hydrogen (secondary N) is 1. The number of aryl methyl sites for hydroxylation is 1. The van der Waals surface area contributed by atoms with E-state index in [1.807, 2.05) is 16.8 Å². The first-order chi connectivity index (χ1) is 10.2. The van der Waals surface area contributed by atoms with Crippen LogP contribution in [0.3, 0.4) is 0 Å². The number of benzene rings is 1. The third-order valence-corrected chi connectivity index (χ3v) is 4.31. The Bertz CT molecular complexity index is 655. The zero-order valence-electron chi connectivity index (χ0n) is 12.8. The molecule has 0 bridgehead atoms. The summed E-state index contributed by atoms with van der Waals surface area (Å²) in [4.78, 5) is 12.2. The smallest absolute Gasteiger partial charge is 0.223 e. The zero-order valence-corrected chi connectivity index (χ0v) is 13.6. The topological polar surface area (TPSA) is 72.9 Å². The van der Waals surface area contributed by atoms with Crippen molar-refractivity contribution in [3.63, 3.8) is 0 Å². The SMILES string of the molecule is CCn1nc(CNC(=O)[C@H]2CC[C@@H](N)C2)c2ccccc21.Cl. The molecule has 0 radical (unpaired) electrons. The predicted molar refractivity (Wildman–Crippen MR) is 89.8 cm³/mol. The van der Waals surface area contributed by atoms with E-state index in [-0.39, 0.29) is 30.3 Å². The standard InChI is InChI=1S/C16H22N4O.ClH/c1-2-20-15-6-4-3-5-13(15)14(19-20)10-18-16(21)11-7-8-12(17)9-11;/h3-6,11-12H,2,7-10,17H2,1H3,(H,18,21);1H/t11-,12+;/m0./s1. The van der Waals surface area contributed by atoms with Crippen LogP contribution in [0.25, 0.3) is 10.9 Å². The number of nitrogens with zero attached hydrogens (tertiary/aromatic N) is 2. The molecule has 1 aromatic heterocycles. The lowest BCUT2D eigenvalue weighted by atomic mass is 10.1. The molecule has 3 N–H and O–H groups in total. The Morgan fingerprint density at radius 1 is 1.41 bits per heavy atom. The third kappa shape index (κ3) is 3.25. The Balaban J connectivity index is 0.00000176. The van der Waals surface area contributed by atoms with Gasteiger partial charge in [0.25, 0.3) is 0 Å². The number of hydrogen-bond acceptors (Lipinski definition) is 3. The molecule has 1 aliphatic rings. The molecule has 0 spiro atoms. The van der Waals surface area contributed by atoms with Gasteiger partial charge in [-0.3, -0.25) is 9.48 Å². The van der Waals surface area contributed by atoms with Crippen LogP contribution >= 0.6 is 12.4 Å². The minimum Gasteiger partial charge on any atom is -0.350 e. The summed E-state index contributed by atoms with van der Waals surface area (Å²) in [5.74, 6) is 0.178. The van der Waals surface area contributed by atoms with Gasteiger partial charge in [-0.1, -0.05) is 18.2 Å². The van der Waals surface area contributed by atoms with Crippen LogP contribution in [0.4, 0.5) is 0 Å². The number of nitrogens with two attached hydrogens (primary N) is 1. The Hall–Kier alpha value is -1.59. The van der Waals surface area contributed by atoms with E-state index >= 15 is 0 Å². The van der Waals surface area contributed by atoms with Gasteiger partial charge in [-0.2, -0.15) is 5.10 Å². The van der Waals surface area contributed by atoms with E-state index in [1.54, 1.807) is 0 Å². The lowest BCUT2D eigenvalue weighted by Crippen LogP contribution is -2.30. The van der Waals surface area contributed by atoms with Crippen molar-refractivity contribution in [2.45, 2.75) is 45.3 Å². The van der Waals surface area contributed by atoms with Crippen molar-refractivity contribution in [2.24, 2.45) is 11.7 Å². The molecule has 1 aliphatic carbocycles. The number of aromatic nitrogens is 2. The minimum absolute atomic E-state index is 0. The zero-order chi connectivity index (χ0) is 14.8. The Morgan fingerprint density at radius 3 is 2.86 bits per heavy atom. The van der Waals surface area contributed by atoms with Gasteiger partial charge >= 0.3 is 0 Å². The fourth-order valence-electron chi connectivity index (χ4n) is 3.14. The van der Waals surface area contributed by atoms with Crippen LogP contribution in [-0.4, -0.2) is 21.7 Å². The quantitative estimate of drug-likeness (QED) is 0.906. The molecular formula is C16H23ClN4O. The summed E-state index contributed by atoms with van der Waals surface area (Å²) in [6, 6.07) is 8.32. The number of hydrogen-bond donors (Lipinski definition) is 2. The van der Waals surface area contributed by atoms with Crippen molar-refractivity contribution in [1.82, 2.24) is 15.1 Å². The van der Waals surface area contributed by atoms with Gasteiger partial charge in [0.1, 0.15) is 0 Å². The van der Waals surface area contributed by atoms with Gasteiger partial charge < -0.3 is 11.1 Å². The Labute approximate surface area is 136 Å². The van der Waals surface area contributed by atoms with E-state index in [9.17, 15) is 4.79 Å². The molecule has 0 aliphatic heterocycles. The van der Waals surface area contributed by atoms with Gasteiger partial charge in [-0.25, -0.2) is 0 Å². The summed E-state index contributed by atoms with van der Waals surface area (Å²) >= 11 is 0. The molecule has 1 fully saturated rings. The van der Waals surface area contributed by atoms with Crippen molar-refractivity contribution in [2.75, 3.05) is 0 Å². The van der Waals surface area contributed by atoms with Crippen LogP contribution < -0.4 is 11.1 Å². The first-order valence-corrected chi connectivity index (χ1v) is 7.66. The van der Waals surface area contributed by atoms with E-state index in [0.717, 1.165) is 42.4 Å². The number of fused-ring (bicyclic) bond motifs is 1. The highest BCUT2D eigenvalue weighted by Crippen LogP contribution is 2.24. The first-order valence-electron chi connectivity index (χ1n) is 7.66. The maximum Gasteiger partial charge on any atom is 0.223 e. The van der Waals surface area contributed by atoms with Crippen molar-refractivity contribution < 1.29 is 4.79 Å². The molecular weight excluding hydrogens is 300 g/mol. The van der Waals surface area contributed by atoms with Gasteiger partial charge in [0, 0.05) is 23.9 Å². The maximum absolute atomic E-state index is 12.2. The second-order valence-electron chi connectivity index (χ2n) is 5.77.